The molecule has 1 aliphatic heterocycles. The van der Waals surface area contributed by atoms with Crippen LogP contribution in [0.3, 0.4) is 0 Å². The maximum Gasteiger partial charge on any atom is 0.254 e. The Hall–Kier alpha value is -3.01. The molecule has 2 heterocycles. The maximum atomic E-state index is 13.1. The molecule has 0 fully saturated rings. The highest BCUT2D eigenvalue weighted by Gasteiger charge is 2.21. The summed E-state index contributed by atoms with van der Waals surface area (Å²) in [4.78, 5) is 19.1. The van der Waals surface area contributed by atoms with E-state index in [1.54, 1.807) is 24.4 Å². The van der Waals surface area contributed by atoms with E-state index in [2.05, 4.69) is 11.1 Å². The van der Waals surface area contributed by atoms with Crippen molar-refractivity contribution in [2.45, 2.75) is 6.42 Å². The summed E-state index contributed by atoms with van der Waals surface area (Å²) < 4.78 is 13.1. The number of benzene rings is 2. The summed E-state index contributed by atoms with van der Waals surface area (Å²) in [6.07, 6.45) is 4.50. The van der Waals surface area contributed by atoms with Crippen molar-refractivity contribution in [3.8, 4) is 0 Å². The van der Waals surface area contributed by atoms with Gasteiger partial charge in [-0.3, -0.25) is 9.78 Å². The lowest BCUT2D eigenvalue weighted by Crippen LogP contribution is -2.34. The van der Waals surface area contributed by atoms with Gasteiger partial charge in [-0.15, -0.1) is 0 Å². The van der Waals surface area contributed by atoms with Crippen molar-refractivity contribution in [3.05, 3.63) is 83.8 Å². The van der Waals surface area contributed by atoms with Gasteiger partial charge in [-0.1, -0.05) is 36.4 Å². The zero-order valence-corrected chi connectivity index (χ0v) is 13.7. The van der Waals surface area contributed by atoms with Crippen molar-refractivity contribution >= 4 is 22.4 Å². The molecule has 0 atom stereocenters. The molecule has 0 unspecified atom stereocenters. The second-order valence-electron chi connectivity index (χ2n) is 6.11. The number of hydrogen-bond acceptors (Lipinski definition) is 2. The topological polar surface area (TPSA) is 33.2 Å². The molecule has 4 heteroatoms. The molecule has 1 aliphatic rings. The van der Waals surface area contributed by atoms with Crippen LogP contribution in [-0.2, 0) is 0 Å². The van der Waals surface area contributed by atoms with Gasteiger partial charge in [0.05, 0.1) is 11.1 Å². The fourth-order valence-corrected chi connectivity index (χ4v) is 3.23. The second-order valence-corrected chi connectivity index (χ2v) is 6.11. The Labute approximate surface area is 145 Å². The summed E-state index contributed by atoms with van der Waals surface area (Å²) in [5.74, 6) is -0.213. The first-order valence-electron chi connectivity index (χ1n) is 8.30. The molecule has 1 aromatic heterocycles. The lowest BCUT2D eigenvalue weighted by Gasteiger charge is -2.27. The van der Waals surface area contributed by atoms with Crippen LogP contribution in [0.2, 0.25) is 0 Å². The van der Waals surface area contributed by atoms with Gasteiger partial charge in [0.25, 0.3) is 5.91 Å². The number of aromatic nitrogens is 1. The summed E-state index contributed by atoms with van der Waals surface area (Å²) in [6.45, 7) is 1.21. The average Bonchev–Trinajstić information content (AvgIpc) is 2.68. The van der Waals surface area contributed by atoms with Crippen LogP contribution in [0.25, 0.3) is 16.5 Å². The Morgan fingerprint density at radius 3 is 2.60 bits per heavy atom. The van der Waals surface area contributed by atoms with Crippen LogP contribution < -0.4 is 0 Å². The smallest absolute Gasteiger partial charge is 0.254 e. The van der Waals surface area contributed by atoms with Gasteiger partial charge >= 0.3 is 0 Å². The third-order valence-electron chi connectivity index (χ3n) is 4.59. The molecular formula is C21H17FN2O. The number of fused-ring (bicyclic) bond motifs is 1. The quantitative estimate of drug-likeness (QED) is 0.701. The molecule has 2 aromatic carbocycles. The highest BCUT2D eigenvalue weighted by atomic mass is 19.1. The van der Waals surface area contributed by atoms with E-state index in [1.807, 2.05) is 29.2 Å². The molecule has 0 spiro atoms. The lowest BCUT2D eigenvalue weighted by atomic mass is 9.99. The molecule has 0 aliphatic carbocycles. The number of para-hydroxylation sites is 1. The minimum absolute atomic E-state index is 0.0213. The van der Waals surface area contributed by atoms with Crippen LogP contribution in [-0.4, -0.2) is 28.9 Å². The van der Waals surface area contributed by atoms with Crippen molar-refractivity contribution in [1.29, 1.82) is 0 Å². The second kappa shape index (κ2) is 6.48. The highest BCUT2D eigenvalue weighted by molar-refractivity contribution is 6.06. The molecule has 0 saturated heterocycles. The molecule has 0 N–H and O–H groups in total. The Morgan fingerprint density at radius 1 is 1.04 bits per heavy atom. The van der Waals surface area contributed by atoms with Crippen molar-refractivity contribution < 1.29 is 9.18 Å². The van der Waals surface area contributed by atoms with E-state index in [-0.39, 0.29) is 11.7 Å². The Bertz CT molecular complexity index is 958. The van der Waals surface area contributed by atoms with Crippen LogP contribution in [0.15, 0.2) is 66.9 Å². The third kappa shape index (κ3) is 3.03. The third-order valence-corrected chi connectivity index (χ3v) is 4.59. The van der Waals surface area contributed by atoms with Crippen molar-refractivity contribution in [2.75, 3.05) is 13.1 Å². The minimum Gasteiger partial charge on any atom is -0.335 e. The van der Waals surface area contributed by atoms with Crippen LogP contribution in [0.5, 0.6) is 0 Å². The normalized spacial score (nSPS) is 14.4. The van der Waals surface area contributed by atoms with Crippen LogP contribution in [0.4, 0.5) is 4.39 Å². The summed E-state index contributed by atoms with van der Waals surface area (Å²) in [5, 5.41) is 0.878. The number of nitrogens with zero attached hydrogens (tertiary/aromatic N) is 2. The van der Waals surface area contributed by atoms with E-state index >= 15 is 0 Å². The average molecular weight is 332 g/mol. The minimum atomic E-state index is -0.235. The summed E-state index contributed by atoms with van der Waals surface area (Å²) in [7, 11) is 0. The monoisotopic (exact) mass is 332 g/mol. The largest absolute Gasteiger partial charge is 0.335 e. The zero-order valence-electron chi connectivity index (χ0n) is 13.7. The van der Waals surface area contributed by atoms with Gasteiger partial charge in [-0.25, -0.2) is 4.39 Å². The van der Waals surface area contributed by atoms with E-state index < -0.39 is 0 Å². The molecule has 1 amide bonds. The summed E-state index contributed by atoms with van der Waals surface area (Å²) >= 11 is 0. The predicted octanol–water partition coefficient (Wildman–Crippen LogP) is 4.30. The van der Waals surface area contributed by atoms with E-state index in [9.17, 15) is 9.18 Å². The Morgan fingerprint density at radius 2 is 1.84 bits per heavy atom. The van der Waals surface area contributed by atoms with Crippen molar-refractivity contribution in [1.82, 2.24) is 9.88 Å². The zero-order chi connectivity index (χ0) is 17.2. The van der Waals surface area contributed by atoms with Gasteiger partial charge < -0.3 is 4.90 Å². The molecule has 3 nitrogen and oxygen atoms in total. The van der Waals surface area contributed by atoms with E-state index in [1.165, 1.54) is 12.1 Å². The molecule has 3 aromatic rings. The number of halogens is 1. The first kappa shape index (κ1) is 15.5. The van der Waals surface area contributed by atoms with Gasteiger partial charge in [0, 0.05) is 24.7 Å². The number of pyridine rings is 1. The van der Waals surface area contributed by atoms with Crippen molar-refractivity contribution in [2.24, 2.45) is 0 Å². The fourth-order valence-electron chi connectivity index (χ4n) is 3.23. The van der Waals surface area contributed by atoms with Gasteiger partial charge in [0.1, 0.15) is 5.82 Å². The van der Waals surface area contributed by atoms with Gasteiger partial charge in [0.2, 0.25) is 0 Å². The summed E-state index contributed by atoms with van der Waals surface area (Å²) in [6, 6.07) is 16.0. The highest BCUT2D eigenvalue weighted by Crippen LogP contribution is 2.25. The SMILES string of the molecule is O=C(c1ccnc2ccccc12)N1CC=C(c2ccc(F)cc2)CC1. The van der Waals surface area contributed by atoms with Crippen LogP contribution >= 0.6 is 0 Å². The molecule has 124 valence electrons. The van der Waals surface area contributed by atoms with Gasteiger partial charge in [-0.2, -0.15) is 0 Å². The molecular weight excluding hydrogens is 315 g/mol. The Kier molecular flexibility index (Phi) is 4.02. The van der Waals surface area contributed by atoms with E-state index in [4.69, 9.17) is 0 Å². The van der Waals surface area contributed by atoms with Gasteiger partial charge in [-0.05, 0) is 41.8 Å². The maximum absolute atomic E-state index is 13.1. The number of amides is 1. The van der Waals surface area contributed by atoms with Crippen LogP contribution in [0, 0.1) is 5.82 Å². The van der Waals surface area contributed by atoms with E-state index in [0.717, 1.165) is 28.5 Å². The number of carbonyl (C=O) groups excluding carboxylic acids is 1. The number of hydrogen-bond donors (Lipinski definition) is 0. The molecule has 0 radical (unpaired) electrons. The molecule has 0 saturated carbocycles. The Balaban J connectivity index is 1.57. The number of rotatable bonds is 2. The van der Waals surface area contributed by atoms with Gasteiger partial charge in [0.15, 0.2) is 0 Å². The van der Waals surface area contributed by atoms with E-state index in [0.29, 0.717) is 18.7 Å². The standard InChI is InChI=1S/C21H17FN2O/c22-17-7-5-15(6-8-17)16-10-13-24(14-11-16)21(25)19-9-12-23-20-4-2-1-3-18(19)20/h1-10,12H,11,13-14H2. The predicted molar refractivity (Wildman–Crippen MR) is 96.6 cm³/mol. The lowest BCUT2D eigenvalue weighted by molar-refractivity contribution is 0.0775. The molecule has 4 rings (SSSR count). The number of carbonyl (C=O) groups is 1. The van der Waals surface area contributed by atoms with Crippen LogP contribution in [0.1, 0.15) is 22.3 Å². The summed E-state index contributed by atoms with van der Waals surface area (Å²) in [5.41, 5.74) is 3.68. The fraction of sp³-hybridized carbons (Fsp3) is 0.143. The van der Waals surface area contributed by atoms with Crippen molar-refractivity contribution in [3.63, 3.8) is 0 Å². The first-order chi connectivity index (χ1) is 12.2. The first-order valence-corrected chi connectivity index (χ1v) is 8.30. The molecule has 25 heavy (non-hydrogen) atoms. The molecule has 0 bridgehead atoms.